The molecule has 0 radical (unpaired) electrons. The Bertz CT molecular complexity index is 116. The number of carbonyl (C=O) groups excluding carboxylic acids is 1. The van der Waals surface area contributed by atoms with Gasteiger partial charge in [0.25, 0.3) is 0 Å². The molecule has 0 aromatic heterocycles. The van der Waals surface area contributed by atoms with Gasteiger partial charge in [-0.2, -0.15) is 5.26 Å². The van der Waals surface area contributed by atoms with E-state index in [4.69, 9.17) is 16.9 Å². The van der Waals surface area contributed by atoms with Crippen molar-refractivity contribution in [3.05, 3.63) is 0 Å². The Morgan fingerprint density at radius 1 is 1.75 bits per heavy atom. The molecule has 0 aliphatic carbocycles. The zero-order valence-corrected chi connectivity index (χ0v) is 5.11. The molecule has 0 fully saturated rings. The highest BCUT2D eigenvalue weighted by Gasteiger charge is 1.92. The van der Waals surface area contributed by atoms with Gasteiger partial charge < -0.3 is 0 Å². The first-order chi connectivity index (χ1) is 3.77. The Morgan fingerprint density at radius 2 is 2.38 bits per heavy atom. The van der Waals surface area contributed by atoms with Gasteiger partial charge in [0, 0.05) is 12.8 Å². The minimum absolute atomic E-state index is 0.315. The fraction of sp³-hybridized carbons (Fsp3) is 0.600. The number of halogens is 1. The van der Waals surface area contributed by atoms with Crippen LogP contribution in [0.15, 0.2) is 0 Å². The second-order valence-electron chi connectivity index (χ2n) is 1.37. The number of unbranched alkanes of at least 4 members (excludes halogenated alkanes) is 1. The first-order valence-corrected chi connectivity index (χ1v) is 2.70. The van der Waals surface area contributed by atoms with Crippen LogP contribution in [0.3, 0.4) is 0 Å². The lowest BCUT2D eigenvalue weighted by molar-refractivity contribution is -0.111. The fourth-order valence-corrected chi connectivity index (χ4v) is 0.440. The molecule has 3 heteroatoms. The van der Waals surface area contributed by atoms with Crippen molar-refractivity contribution in [2.24, 2.45) is 0 Å². The van der Waals surface area contributed by atoms with Crippen LogP contribution in [0.5, 0.6) is 0 Å². The predicted molar refractivity (Wildman–Crippen MR) is 30.3 cm³/mol. The summed E-state index contributed by atoms with van der Waals surface area (Å²) in [7, 11) is 0. The van der Waals surface area contributed by atoms with E-state index in [1.807, 2.05) is 6.07 Å². The van der Waals surface area contributed by atoms with Crippen LogP contribution < -0.4 is 0 Å². The Labute approximate surface area is 53.1 Å². The van der Waals surface area contributed by atoms with Crippen LogP contribution in [-0.4, -0.2) is 5.24 Å². The van der Waals surface area contributed by atoms with Gasteiger partial charge in [0.05, 0.1) is 6.07 Å². The Kier molecular flexibility index (Phi) is 4.29. The number of carbonyl (C=O) groups is 1. The molecule has 0 aromatic rings. The van der Waals surface area contributed by atoms with Crippen molar-refractivity contribution in [1.82, 2.24) is 0 Å². The van der Waals surface area contributed by atoms with Crippen molar-refractivity contribution in [3.63, 3.8) is 0 Å². The van der Waals surface area contributed by atoms with E-state index in [0.717, 1.165) is 0 Å². The van der Waals surface area contributed by atoms with E-state index in [1.165, 1.54) is 0 Å². The first-order valence-electron chi connectivity index (χ1n) is 2.32. The zero-order chi connectivity index (χ0) is 6.41. The number of nitrogens with zero attached hydrogens (tertiary/aromatic N) is 1. The van der Waals surface area contributed by atoms with Crippen LogP contribution in [0.1, 0.15) is 19.3 Å². The van der Waals surface area contributed by atoms with Gasteiger partial charge in [-0.15, -0.1) is 0 Å². The van der Waals surface area contributed by atoms with Gasteiger partial charge in [-0.1, -0.05) is 0 Å². The van der Waals surface area contributed by atoms with E-state index in [-0.39, 0.29) is 5.24 Å². The summed E-state index contributed by atoms with van der Waals surface area (Å²) < 4.78 is 0. The van der Waals surface area contributed by atoms with Gasteiger partial charge in [0.1, 0.15) is 0 Å². The van der Waals surface area contributed by atoms with Crippen LogP contribution in [0.25, 0.3) is 0 Å². The molecule has 0 unspecified atom stereocenters. The van der Waals surface area contributed by atoms with E-state index in [0.29, 0.717) is 19.3 Å². The van der Waals surface area contributed by atoms with Crippen molar-refractivity contribution in [1.29, 1.82) is 5.26 Å². The first kappa shape index (κ1) is 7.45. The van der Waals surface area contributed by atoms with Crippen LogP contribution >= 0.6 is 11.6 Å². The third-order valence-electron chi connectivity index (χ3n) is 0.662. The zero-order valence-electron chi connectivity index (χ0n) is 4.35. The Balaban J connectivity index is 2.97. The average molecular weight is 132 g/mol. The lowest BCUT2D eigenvalue weighted by Crippen LogP contribution is -1.83. The van der Waals surface area contributed by atoms with Crippen LogP contribution in [0.4, 0.5) is 0 Å². The molecule has 0 saturated carbocycles. The van der Waals surface area contributed by atoms with Crippen molar-refractivity contribution in [2.45, 2.75) is 19.3 Å². The smallest absolute Gasteiger partial charge is 0.221 e. The molecule has 0 aliphatic rings. The SMILES string of the molecule is N#CCCCC(=O)Cl. The molecular weight excluding hydrogens is 126 g/mol. The van der Waals surface area contributed by atoms with Crippen molar-refractivity contribution >= 4 is 16.8 Å². The van der Waals surface area contributed by atoms with E-state index < -0.39 is 0 Å². The van der Waals surface area contributed by atoms with Gasteiger partial charge >= 0.3 is 0 Å². The molecule has 0 aliphatic heterocycles. The number of hydrogen-bond donors (Lipinski definition) is 0. The summed E-state index contributed by atoms with van der Waals surface area (Å²) in [6.07, 6.45) is 1.31. The molecule has 2 nitrogen and oxygen atoms in total. The summed E-state index contributed by atoms with van der Waals surface area (Å²) in [5.41, 5.74) is 0. The second-order valence-corrected chi connectivity index (χ2v) is 1.79. The average Bonchev–Trinajstić information content (AvgIpc) is 1.66. The maximum Gasteiger partial charge on any atom is 0.221 e. The maximum absolute atomic E-state index is 9.97. The predicted octanol–water partition coefficient (Wildman–Crippen LogP) is 1.45. The van der Waals surface area contributed by atoms with Crippen molar-refractivity contribution < 1.29 is 4.79 Å². The second kappa shape index (κ2) is 4.61. The molecule has 0 aromatic carbocycles. The van der Waals surface area contributed by atoms with Gasteiger partial charge in [0.15, 0.2) is 0 Å². The summed E-state index contributed by atoms with van der Waals surface area (Å²) in [6.45, 7) is 0. The topological polar surface area (TPSA) is 40.9 Å². The van der Waals surface area contributed by atoms with Gasteiger partial charge in [0.2, 0.25) is 5.24 Å². The largest absolute Gasteiger partial charge is 0.281 e. The number of nitriles is 1. The summed E-state index contributed by atoms with van der Waals surface area (Å²) in [5, 5.41) is 7.61. The Morgan fingerprint density at radius 3 is 2.75 bits per heavy atom. The number of hydrogen-bond acceptors (Lipinski definition) is 2. The highest BCUT2D eigenvalue weighted by atomic mass is 35.5. The summed E-state index contributed by atoms with van der Waals surface area (Å²) in [5.74, 6) is 0. The number of rotatable bonds is 3. The molecular formula is C5H6ClNO. The van der Waals surface area contributed by atoms with E-state index in [2.05, 4.69) is 0 Å². The quantitative estimate of drug-likeness (QED) is 0.430. The van der Waals surface area contributed by atoms with Crippen molar-refractivity contribution in [2.75, 3.05) is 0 Å². The summed E-state index contributed by atoms with van der Waals surface area (Å²) in [6, 6.07) is 1.91. The standard InChI is InChI=1S/C5H6ClNO/c6-5(8)3-1-2-4-7/h1-3H2. The van der Waals surface area contributed by atoms with Crippen LogP contribution in [0, 0.1) is 11.3 Å². The van der Waals surface area contributed by atoms with Gasteiger partial charge in [-0.05, 0) is 18.0 Å². The van der Waals surface area contributed by atoms with E-state index in [9.17, 15) is 4.79 Å². The van der Waals surface area contributed by atoms with Gasteiger partial charge in [-0.25, -0.2) is 0 Å². The fourth-order valence-electron chi connectivity index (χ4n) is 0.306. The molecule has 0 amide bonds. The molecule has 0 atom stereocenters. The summed E-state index contributed by atoms with van der Waals surface area (Å²) in [4.78, 5) is 9.97. The molecule has 0 bridgehead atoms. The summed E-state index contributed by atoms with van der Waals surface area (Å²) >= 11 is 4.97. The third-order valence-corrected chi connectivity index (χ3v) is 0.851. The lowest BCUT2D eigenvalue weighted by Gasteiger charge is -1.83. The maximum atomic E-state index is 9.97. The normalized spacial score (nSPS) is 8.00. The molecule has 0 saturated heterocycles. The molecule has 0 spiro atoms. The van der Waals surface area contributed by atoms with Gasteiger partial charge in [-0.3, -0.25) is 4.79 Å². The minimum Gasteiger partial charge on any atom is -0.281 e. The van der Waals surface area contributed by atoms with E-state index in [1.54, 1.807) is 0 Å². The third kappa shape index (κ3) is 5.45. The van der Waals surface area contributed by atoms with Crippen LogP contribution in [0.2, 0.25) is 0 Å². The minimum atomic E-state index is -0.361. The molecule has 0 rings (SSSR count). The molecule has 8 heavy (non-hydrogen) atoms. The van der Waals surface area contributed by atoms with E-state index >= 15 is 0 Å². The molecule has 0 N–H and O–H groups in total. The monoisotopic (exact) mass is 131 g/mol. The Hall–Kier alpha value is -0.550. The van der Waals surface area contributed by atoms with Crippen LogP contribution in [-0.2, 0) is 4.79 Å². The highest BCUT2D eigenvalue weighted by molar-refractivity contribution is 6.63. The molecule has 0 heterocycles. The highest BCUT2D eigenvalue weighted by Crippen LogP contribution is 1.96. The lowest BCUT2D eigenvalue weighted by atomic mass is 10.3. The van der Waals surface area contributed by atoms with Crippen molar-refractivity contribution in [3.8, 4) is 6.07 Å². The molecule has 44 valence electrons.